The van der Waals surface area contributed by atoms with Crippen LogP contribution in [0.2, 0.25) is 0 Å². The van der Waals surface area contributed by atoms with Crippen molar-refractivity contribution in [1.82, 2.24) is 5.32 Å². The van der Waals surface area contributed by atoms with Crippen LogP contribution in [0.5, 0.6) is 0 Å². The first-order valence-electron chi connectivity index (χ1n) is 6.37. The molecule has 0 heterocycles. The molecule has 0 rings (SSSR count). The molecular formula is C13H27NO3. The Morgan fingerprint density at radius 1 is 1.41 bits per heavy atom. The Morgan fingerprint density at radius 3 is 2.53 bits per heavy atom. The molecule has 0 aliphatic carbocycles. The van der Waals surface area contributed by atoms with E-state index in [4.69, 9.17) is 9.47 Å². The van der Waals surface area contributed by atoms with Gasteiger partial charge in [0, 0.05) is 6.61 Å². The number of ether oxygens (including phenoxy) is 2. The van der Waals surface area contributed by atoms with E-state index in [0.29, 0.717) is 19.1 Å². The van der Waals surface area contributed by atoms with Crippen LogP contribution in [0, 0.1) is 5.92 Å². The molecule has 4 nitrogen and oxygen atoms in total. The second-order valence-corrected chi connectivity index (χ2v) is 4.99. The van der Waals surface area contributed by atoms with Crippen molar-refractivity contribution in [3.63, 3.8) is 0 Å². The number of hydrogen-bond acceptors (Lipinski definition) is 4. The highest BCUT2D eigenvalue weighted by Crippen LogP contribution is 2.09. The quantitative estimate of drug-likeness (QED) is 0.498. The van der Waals surface area contributed by atoms with Crippen LogP contribution in [0.15, 0.2) is 0 Å². The summed E-state index contributed by atoms with van der Waals surface area (Å²) in [5.41, 5.74) is -0.734. The van der Waals surface area contributed by atoms with E-state index in [9.17, 15) is 4.79 Å². The van der Waals surface area contributed by atoms with Crippen molar-refractivity contribution >= 4 is 5.97 Å². The Balaban J connectivity index is 4.14. The summed E-state index contributed by atoms with van der Waals surface area (Å²) in [4.78, 5) is 11.7. The standard InChI is InChI=1S/C13H27NO3/c1-6-8-14-13(4,12(15)16-5)10-17-9-7-11(2)3/h11,14H,6-10H2,1-5H3. The molecule has 0 aliphatic heterocycles. The molecule has 102 valence electrons. The van der Waals surface area contributed by atoms with Gasteiger partial charge in [-0.15, -0.1) is 0 Å². The lowest BCUT2D eigenvalue weighted by Crippen LogP contribution is -2.54. The molecule has 0 aromatic carbocycles. The highest BCUT2D eigenvalue weighted by atomic mass is 16.5. The Labute approximate surface area is 105 Å². The van der Waals surface area contributed by atoms with Gasteiger partial charge in [-0.05, 0) is 32.2 Å². The van der Waals surface area contributed by atoms with Gasteiger partial charge in [0.05, 0.1) is 13.7 Å². The zero-order valence-corrected chi connectivity index (χ0v) is 11.8. The largest absolute Gasteiger partial charge is 0.468 e. The number of carbonyl (C=O) groups is 1. The number of carbonyl (C=O) groups excluding carboxylic acids is 1. The first-order valence-corrected chi connectivity index (χ1v) is 6.37. The smallest absolute Gasteiger partial charge is 0.328 e. The molecular weight excluding hydrogens is 218 g/mol. The minimum absolute atomic E-state index is 0.268. The van der Waals surface area contributed by atoms with Crippen molar-refractivity contribution in [2.45, 2.75) is 46.1 Å². The van der Waals surface area contributed by atoms with Gasteiger partial charge in [-0.25, -0.2) is 4.79 Å². The van der Waals surface area contributed by atoms with Crippen LogP contribution in [-0.2, 0) is 14.3 Å². The van der Waals surface area contributed by atoms with Gasteiger partial charge < -0.3 is 14.8 Å². The lowest BCUT2D eigenvalue weighted by Gasteiger charge is -2.27. The fraction of sp³-hybridized carbons (Fsp3) is 0.923. The number of esters is 1. The average molecular weight is 245 g/mol. The van der Waals surface area contributed by atoms with Crippen LogP contribution in [0.4, 0.5) is 0 Å². The molecule has 0 aromatic rings. The highest BCUT2D eigenvalue weighted by molar-refractivity contribution is 5.80. The topological polar surface area (TPSA) is 47.6 Å². The van der Waals surface area contributed by atoms with Gasteiger partial charge in [0.25, 0.3) is 0 Å². The van der Waals surface area contributed by atoms with Gasteiger partial charge in [0.15, 0.2) is 0 Å². The number of nitrogens with one attached hydrogen (secondary N) is 1. The monoisotopic (exact) mass is 245 g/mol. The van der Waals surface area contributed by atoms with Crippen molar-refractivity contribution in [2.75, 3.05) is 26.9 Å². The average Bonchev–Trinajstić information content (AvgIpc) is 2.30. The van der Waals surface area contributed by atoms with Crippen molar-refractivity contribution in [1.29, 1.82) is 0 Å². The van der Waals surface area contributed by atoms with Gasteiger partial charge in [0.1, 0.15) is 5.54 Å². The molecule has 1 atom stereocenters. The van der Waals surface area contributed by atoms with E-state index < -0.39 is 5.54 Å². The number of rotatable bonds is 9. The van der Waals surface area contributed by atoms with Crippen molar-refractivity contribution in [3.8, 4) is 0 Å². The SMILES string of the molecule is CCCNC(C)(COCCC(C)C)C(=O)OC. The van der Waals surface area contributed by atoms with Crippen molar-refractivity contribution in [3.05, 3.63) is 0 Å². The summed E-state index contributed by atoms with van der Waals surface area (Å²) in [5.74, 6) is 0.346. The van der Waals surface area contributed by atoms with Crippen LogP contribution < -0.4 is 5.32 Å². The lowest BCUT2D eigenvalue weighted by molar-refractivity contribution is -0.150. The van der Waals surface area contributed by atoms with Gasteiger partial charge >= 0.3 is 5.97 Å². The molecule has 0 fully saturated rings. The van der Waals surface area contributed by atoms with E-state index >= 15 is 0 Å². The summed E-state index contributed by atoms with van der Waals surface area (Å²) < 4.78 is 10.4. The zero-order chi connectivity index (χ0) is 13.3. The van der Waals surface area contributed by atoms with Crippen LogP contribution in [-0.4, -0.2) is 38.4 Å². The second kappa shape index (κ2) is 8.48. The molecule has 17 heavy (non-hydrogen) atoms. The first kappa shape index (κ1) is 16.4. The van der Waals surface area contributed by atoms with Crippen molar-refractivity contribution in [2.24, 2.45) is 5.92 Å². The Bertz CT molecular complexity index is 219. The molecule has 4 heteroatoms. The normalized spacial score (nSPS) is 14.7. The Hall–Kier alpha value is -0.610. The molecule has 1 unspecified atom stereocenters. The second-order valence-electron chi connectivity index (χ2n) is 4.99. The summed E-state index contributed by atoms with van der Waals surface area (Å²) in [5, 5.41) is 3.19. The van der Waals surface area contributed by atoms with Crippen LogP contribution >= 0.6 is 0 Å². The zero-order valence-electron chi connectivity index (χ0n) is 11.8. The fourth-order valence-electron chi connectivity index (χ4n) is 1.40. The number of methoxy groups -OCH3 is 1. The van der Waals surface area contributed by atoms with E-state index in [-0.39, 0.29) is 5.97 Å². The third kappa shape index (κ3) is 6.64. The number of hydrogen-bond donors (Lipinski definition) is 1. The van der Waals surface area contributed by atoms with Crippen LogP contribution in [0.25, 0.3) is 0 Å². The minimum Gasteiger partial charge on any atom is -0.468 e. The molecule has 0 spiro atoms. The third-order valence-electron chi connectivity index (χ3n) is 2.63. The fourth-order valence-corrected chi connectivity index (χ4v) is 1.40. The van der Waals surface area contributed by atoms with Gasteiger partial charge in [0.2, 0.25) is 0 Å². The third-order valence-corrected chi connectivity index (χ3v) is 2.63. The molecule has 0 amide bonds. The molecule has 1 N–H and O–H groups in total. The summed E-state index contributed by atoms with van der Waals surface area (Å²) in [6.07, 6.45) is 1.98. The van der Waals surface area contributed by atoms with Crippen molar-refractivity contribution < 1.29 is 14.3 Å². The summed E-state index contributed by atoms with van der Waals surface area (Å²) in [6, 6.07) is 0. The minimum atomic E-state index is -0.734. The maximum atomic E-state index is 11.7. The van der Waals surface area contributed by atoms with Gasteiger partial charge in [-0.1, -0.05) is 20.8 Å². The van der Waals surface area contributed by atoms with E-state index in [1.54, 1.807) is 0 Å². The van der Waals surface area contributed by atoms with E-state index in [0.717, 1.165) is 19.4 Å². The Morgan fingerprint density at radius 2 is 2.06 bits per heavy atom. The summed E-state index contributed by atoms with van der Waals surface area (Å²) >= 11 is 0. The lowest BCUT2D eigenvalue weighted by atomic mass is 10.0. The van der Waals surface area contributed by atoms with E-state index in [2.05, 4.69) is 26.1 Å². The molecule has 0 saturated carbocycles. The predicted molar refractivity (Wildman–Crippen MR) is 69.0 cm³/mol. The molecule has 0 radical (unpaired) electrons. The first-order chi connectivity index (χ1) is 7.96. The Kier molecular flexibility index (Phi) is 8.17. The molecule has 0 aromatic heterocycles. The molecule has 0 bridgehead atoms. The summed E-state index contributed by atoms with van der Waals surface area (Å²) in [6.45, 7) is 9.99. The molecule has 0 aliphatic rings. The summed E-state index contributed by atoms with van der Waals surface area (Å²) in [7, 11) is 1.41. The maximum absolute atomic E-state index is 11.7. The van der Waals surface area contributed by atoms with E-state index in [1.807, 2.05) is 6.92 Å². The predicted octanol–water partition coefficient (Wildman–Crippen LogP) is 1.98. The van der Waals surface area contributed by atoms with Crippen LogP contribution in [0.3, 0.4) is 0 Å². The highest BCUT2D eigenvalue weighted by Gasteiger charge is 2.33. The van der Waals surface area contributed by atoms with Crippen LogP contribution in [0.1, 0.15) is 40.5 Å². The van der Waals surface area contributed by atoms with Gasteiger partial charge in [-0.3, -0.25) is 0 Å². The van der Waals surface area contributed by atoms with Gasteiger partial charge in [-0.2, -0.15) is 0 Å². The van der Waals surface area contributed by atoms with E-state index in [1.165, 1.54) is 7.11 Å². The maximum Gasteiger partial charge on any atom is 0.328 e. The molecule has 0 saturated heterocycles.